The van der Waals surface area contributed by atoms with E-state index in [-0.39, 0.29) is 18.5 Å². The van der Waals surface area contributed by atoms with Crippen molar-refractivity contribution in [2.45, 2.75) is 37.7 Å². The number of aliphatic hydroxyl groups excluding tert-OH is 1. The van der Waals surface area contributed by atoms with E-state index in [9.17, 15) is 5.11 Å². The van der Waals surface area contributed by atoms with Gasteiger partial charge < -0.3 is 14.7 Å². The van der Waals surface area contributed by atoms with Crippen molar-refractivity contribution in [3.8, 4) is 5.75 Å². The Morgan fingerprint density at radius 1 is 1.19 bits per heavy atom. The molecule has 0 spiro atoms. The van der Waals surface area contributed by atoms with Crippen molar-refractivity contribution in [3.63, 3.8) is 0 Å². The molecule has 0 radical (unpaired) electrons. The van der Waals surface area contributed by atoms with E-state index in [4.69, 9.17) is 4.74 Å². The summed E-state index contributed by atoms with van der Waals surface area (Å²) in [6.45, 7) is 0.980. The highest BCUT2D eigenvalue weighted by Gasteiger charge is 2.31. The number of aliphatic hydroxyl groups is 1. The molecule has 0 amide bonds. The Bertz CT molecular complexity index is 408. The van der Waals surface area contributed by atoms with Gasteiger partial charge in [-0.15, -0.1) is 12.4 Å². The summed E-state index contributed by atoms with van der Waals surface area (Å²) in [6.07, 6.45) is 4.32. The fraction of sp³-hybridized carbons (Fsp3) is 0.647. The normalized spacial score (nSPS) is 23.5. The van der Waals surface area contributed by atoms with Gasteiger partial charge in [-0.3, -0.25) is 0 Å². The van der Waals surface area contributed by atoms with Gasteiger partial charge in [-0.25, -0.2) is 0 Å². The van der Waals surface area contributed by atoms with Crippen LogP contribution in [-0.2, 0) is 0 Å². The summed E-state index contributed by atoms with van der Waals surface area (Å²) >= 11 is 0. The Morgan fingerprint density at radius 3 is 2.33 bits per heavy atom. The lowest BCUT2D eigenvalue weighted by Crippen LogP contribution is -2.35. The van der Waals surface area contributed by atoms with Gasteiger partial charge in [0.25, 0.3) is 0 Å². The van der Waals surface area contributed by atoms with E-state index >= 15 is 0 Å². The molecule has 0 heterocycles. The summed E-state index contributed by atoms with van der Waals surface area (Å²) in [4.78, 5) is 2.22. The Kier molecular flexibility index (Phi) is 7.50. The Balaban J connectivity index is 0.00000220. The van der Waals surface area contributed by atoms with Crippen LogP contribution in [0.3, 0.4) is 0 Å². The van der Waals surface area contributed by atoms with Crippen LogP contribution in [0.4, 0.5) is 0 Å². The van der Waals surface area contributed by atoms with Crippen molar-refractivity contribution < 1.29 is 9.84 Å². The third kappa shape index (κ3) is 4.87. The second-order valence-electron chi connectivity index (χ2n) is 6.16. The molecule has 1 aliphatic carbocycles. The molecular weight excluding hydrogens is 286 g/mol. The van der Waals surface area contributed by atoms with E-state index < -0.39 is 0 Å². The van der Waals surface area contributed by atoms with E-state index in [2.05, 4.69) is 31.1 Å². The highest BCUT2D eigenvalue weighted by Crippen LogP contribution is 2.37. The standard InChI is InChI=1S/C17H27NO2.ClH/c1-18(2)12-16(15-6-4-5-7-17(15)19)13-8-10-14(20-3)11-9-13;/h8-11,15-17,19H,4-7,12H2,1-3H3;1H. The van der Waals surface area contributed by atoms with E-state index in [1.165, 1.54) is 12.0 Å². The van der Waals surface area contributed by atoms with Gasteiger partial charge in [0.2, 0.25) is 0 Å². The van der Waals surface area contributed by atoms with Crippen LogP contribution in [0.5, 0.6) is 5.75 Å². The first-order chi connectivity index (χ1) is 9.61. The molecule has 0 aliphatic heterocycles. The Hall–Kier alpha value is -0.770. The molecule has 120 valence electrons. The molecule has 1 aromatic rings. The molecule has 3 nitrogen and oxygen atoms in total. The van der Waals surface area contributed by atoms with Crippen molar-refractivity contribution >= 4 is 12.4 Å². The molecule has 0 aromatic heterocycles. The van der Waals surface area contributed by atoms with Gasteiger partial charge in [0.05, 0.1) is 13.2 Å². The Labute approximate surface area is 134 Å². The zero-order valence-corrected chi connectivity index (χ0v) is 14.1. The molecule has 1 aliphatic rings. The minimum atomic E-state index is -0.157. The molecule has 0 bridgehead atoms. The van der Waals surface area contributed by atoms with Crippen LogP contribution >= 0.6 is 12.4 Å². The number of likely N-dealkylation sites (N-methyl/N-ethyl adjacent to an activating group) is 1. The van der Waals surface area contributed by atoms with Crippen LogP contribution < -0.4 is 4.74 Å². The van der Waals surface area contributed by atoms with E-state index in [0.717, 1.165) is 31.6 Å². The quantitative estimate of drug-likeness (QED) is 0.905. The average Bonchev–Trinajstić information content (AvgIpc) is 2.46. The molecular formula is C17H28ClNO2. The van der Waals surface area contributed by atoms with Gasteiger partial charge in [0.1, 0.15) is 5.75 Å². The minimum Gasteiger partial charge on any atom is -0.497 e. The maximum absolute atomic E-state index is 10.4. The number of hydrogen-bond acceptors (Lipinski definition) is 3. The molecule has 2 rings (SSSR count). The Morgan fingerprint density at radius 2 is 1.81 bits per heavy atom. The molecule has 1 aromatic carbocycles. The highest BCUT2D eigenvalue weighted by molar-refractivity contribution is 5.85. The lowest BCUT2D eigenvalue weighted by Gasteiger charge is -2.36. The fourth-order valence-electron chi connectivity index (χ4n) is 3.34. The fourth-order valence-corrected chi connectivity index (χ4v) is 3.34. The number of halogens is 1. The molecule has 4 heteroatoms. The SMILES string of the molecule is COc1ccc(C(CN(C)C)C2CCCCC2O)cc1.Cl. The topological polar surface area (TPSA) is 32.7 Å². The highest BCUT2D eigenvalue weighted by atomic mass is 35.5. The first-order valence-electron chi connectivity index (χ1n) is 7.58. The molecule has 0 saturated heterocycles. The first kappa shape index (κ1) is 18.3. The van der Waals surface area contributed by atoms with Gasteiger partial charge in [-0.1, -0.05) is 25.0 Å². The summed E-state index contributed by atoms with van der Waals surface area (Å²) < 4.78 is 5.24. The second kappa shape index (κ2) is 8.62. The van der Waals surface area contributed by atoms with Crippen molar-refractivity contribution in [1.29, 1.82) is 0 Å². The maximum atomic E-state index is 10.4. The number of rotatable bonds is 5. The number of nitrogens with zero attached hydrogens (tertiary/aromatic N) is 1. The van der Waals surface area contributed by atoms with Gasteiger partial charge >= 0.3 is 0 Å². The summed E-state index contributed by atoms with van der Waals surface area (Å²) in [6, 6.07) is 8.34. The zero-order chi connectivity index (χ0) is 14.5. The third-order valence-corrected chi connectivity index (χ3v) is 4.40. The molecule has 3 unspecified atom stereocenters. The predicted molar refractivity (Wildman–Crippen MR) is 89.5 cm³/mol. The number of benzene rings is 1. The largest absolute Gasteiger partial charge is 0.497 e. The minimum absolute atomic E-state index is 0. The summed E-state index contributed by atoms with van der Waals surface area (Å²) in [5.41, 5.74) is 1.31. The lowest BCUT2D eigenvalue weighted by molar-refractivity contribution is 0.0494. The van der Waals surface area contributed by atoms with Crippen molar-refractivity contribution in [2.24, 2.45) is 5.92 Å². The van der Waals surface area contributed by atoms with Gasteiger partial charge in [-0.2, -0.15) is 0 Å². The first-order valence-corrected chi connectivity index (χ1v) is 7.58. The van der Waals surface area contributed by atoms with Crippen LogP contribution in [0.15, 0.2) is 24.3 Å². The third-order valence-electron chi connectivity index (χ3n) is 4.40. The second-order valence-corrected chi connectivity index (χ2v) is 6.16. The van der Waals surface area contributed by atoms with Crippen molar-refractivity contribution in [3.05, 3.63) is 29.8 Å². The monoisotopic (exact) mass is 313 g/mol. The smallest absolute Gasteiger partial charge is 0.118 e. The van der Waals surface area contributed by atoms with Gasteiger partial charge in [0.15, 0.2) is 0 Å². The summed E-state index contributed by atoms with van der Waals surface area (Å²) in [7, 11) is 5.90. The number of ether oxygens (including phenoxy) is 1. The van der Waals surface area contributed by atoms with Gasteiger partial charge in [0, 0.05) is 12.5 Å². The number of methoxy groups -OCH3 is 1. The average molecular weight is 314 g/mol. The maximum Gasteiger partial charge on any atom is 0.118 e. The van der Waals surface area contributed by atoms with E-state index in [0.29, 0.717) is 11.8 Å². The van der Waals surface area contributed by atoms with Gasteiger partial charge in [-0.05, 0) is 50.6 Å². The van der Waals surface area contributed by atoms with Crippen LogP contribution in [0, 0.1) is 5.92 Å². The molecule has 21 heavy (non-hydrogen) atoms. The zero-order valence-electron chi connectivity index (χ0n) is 13.3. The summed E-state index contributed by atoms with van der Waals surface area (Å²) in [5.74, 6) is 1.66. The van der Waals surface area contributed by atoms with Crippen LogP contribution in [0.1, 0.15) is 37.2 Å². The van der Waals surface area contributed by atoms with E-state index in [1.807, 2.05) is 12.1 Å². The van der Waals surface area contributed by atoms with Crippen molar-refractivity contribution in [1.82, 2.24) is 4.90 Å². The summed E-state index contributed by atoms with van der Waals surface area (Å²) in [5, 5.41) is 10.4. The lowest BCUT2D eigenvalue weighted by atomic mass is 9.75. The molecule has 1 N–H and O–H groups in total. The number of hydrogen-bond donors (Lipinski definition) is 1. The molecule has 1 saturated carbocycles. The van der Waals surface area contributed by atoms with Crippen LogP contribution in [0.2, 0.25) is 0 Å². The van der Waals surface area contributed by atoms with Crippen LogP contribution in [0.25, 0.3) is 0 Å². The van der Waals surface area contributed by atoms with Crippen molar-refractivity contribution in [2.75, 3.05) is 27.7 Å². The molecule has 1 fully saturated rings. The van der Waals surface area contributed by atoms with Crippen LogP contribution in [-0.4, -0.2) is 43.9 Å². The van der Waals surface area contributed by atoms with E-state index in [1.54, 1.807) is 7.11 Å². The predicted octanol–water partition coefficient (Wildman–Crippen LogP) is 3.31. The molecule has 3 atom stereocenters.